The van der Waals surface area contributed by atoms with E-state index in [9.17, 15) is 0 Å². The molecule has 5 rings (SSSR count). The minimum Gasteiger partial charge on any atom is -0.397 e. The van der Waals surface area contributed by atoms with Gasteiger partial charge in [-0.3, -0.25) is 0 Å². The number of nitrogen functional groups attached to an aromatic ring is 1. The van der Waals surface area contributed by atoms with Crippen LogP contribution in [0.3, 0.4) is 0 Å². The minimum atomic E-state index is 0.601. The SMILES string of the molecule is C=c1c2ccccc2c(=C)c2c(N)c(S)cc(Nc3ccc(Nc4ccccn4)c(S)c3)c12. The van der Waals surface area contributed by atoms with E-state index >= 15 is 0 Å². The van der Waals surface area contributed by atoms with Gasteiger partial charge in [-0.15, -0.1) is 25.3 Å². The Hall–Kier alpha value is -3.61. The van der Waals surface area contributed by atoms with Crippen molar-refractivity contribution in [3.05, 3.63) is 83.4 Å². The zero-order valence-corrected chi connectivity index (χ0v) is 19.6. The van der Waals surface area contributed by atoms with Crippen LogP contribution < -0.4 is 26.8 Å². The van der Waals surface area contributed by atoms with E-state index in [0.29, 0.717) is 10.6 Å². The zero-order valence-electron chi connectivity index (χ0n) is 17.8. The van der Waals surface area contributed by atoms with Gasteiger partial charge in [0.25, 0.3) is 0 Å². The van der Waals surface area contributed by atoms with Crippen LogP contribution in [0, 0.1) is 0 Å². The Morgan fingerprint density at radius 2 is 1.42 bits per heavy atom. The molecule has 33 heavy (non-hydrogen) atoms. The molecular weight excluding hydrogens is 444 g/mol. The third kappa shape index (κ3) is 3.77. The number of hydrogen-bond acceptors (Lipinski definition) is 6. The summed E-state index contributed by atoms with van der Waals surface area (Å²) in [6, 6.07) is 21.7. The van der Waals surface area contributed by atoms with E-state index in [0.717, 1.165) is 59.8 Å². The van der Waals surface area contributed by atoms with Crippen molar-refractivity contribution in [3.63, 3.8) is 0 Å². The van der Waals surface area contributed by atoms with E-state index in [2.05, 4.69) is 60.1 Å². The Kier molecular flexibility index (Phi) is 5.40. The van der Waals surface area contributed by atoms with Gasteiger partial charge in [-0.2, -0.15) is 0 Å². The molecule has 0 atom stereocenters. The van der Waals surface area contributed by atoms with Crippen LogP contribution in [-0.4, -0.2) is 4.98 Å². The summed E-state index contributed by atoms with van der Waals surface area (Å²) in [5.74, 6) is 0.759. The lowest BCUT2D eigenvalue weighted by atomic mass is 9.96. The molecule has 0 unspecified atom stereocenters. The molecule has 162 valence electrons. The monoisotopic (exact) mass is 466 g/mol. The zero-order chi connectivity index (χ0) is 23.1. The van der Waals surface area contributed by atoms with Crippen molar-refractivity contribution in [3.8, 4) is 0 Å². The average molecular weight is 467 g/mol. The van der Waals surface area contributed by atoms with E-state index in [1.807, 2.05) is 60.7 Å². The van der Waals surface area contributed by atoms with Gasteiger partial charge in [-0.05, 0) is 57.6 Å². The van der Waals surface area contributed by atoms with Crippen molar-refractivity contribution in [1.82, 2.24) is 4.98 Å². The fourth-order valence-electron chi connectivity index (χ4n) is 4.13. The lowest BCUT2D eigenvalue weighted by molar-refractivity contribution is 1.29. The summed E-state index contributed by atoms with van der Waals surface area (Å²) in [4.78, 5) is 5.78. The van der Waals surface area contributed by atoms with E-state index in [1.54, 1.807) is 6.20 Å². The number of anilines is 5. The van der Waals surface area contributed by atoms with E-state index < -0.39 is 0 Å². The van der Waals surface area contributed by atoms with Gasteiger partial charge in [0.15, 0.2) is 0 Å². The maximum atomic E-state index is 6.46. The van der Waals surface area contributed by atoms with Crippen molar-refractivity contribution >= 4 is 88.5 Å². The molecule has 0 aliphatic heterocycles. The van der Waals surface area contributed by atoms with Crippen LogP contribution in [0.2, 0.25) is 0 Å². The van der Waals surface area contributed by atoms with Crippen molar-refractivity contribution in [2.45, 2.75) is 9.79 Å². The molecule has 4 N–H and O–H groups in total. The quantitative estimate of drug-likeness (QED) is 0.131. The van der Waals surface area contributed by atoms with Crippen molar-refractivity contribution in [1.29, 1.82) is 0 Å². The molecular formula is C27H22N4S2. The molecule has 6 heteroatoms. The molecule has 0 saturated heterocycles. The van der Waals surface area contributed by atoms with Gasteiger partial charge in [0.2, 0.25) is 0 Å². The molecule has 0 aliphatic rings. The summed E-state index contributed by atoms with van der Waals surface area (Å²) in [5, 5.41) is 12.5. The van der Waals surface area contributed by atoms with Gasteiger partial charge in [0.05, 0.1) is 11.4 Å². The van der Waals surface area contributed by atoms with Crippen LogP contribution in [0.25, 0.3) is 34.7 Å². The van der Waals surface area contributed by atoms with Gasteiger partial charge in [0, 0.05) is 38.1 Å². The Balaban J connectivity index is 1.62. The van der Waals surface area contributed by atoms with Gasteiger partial charge in [-0.1, -0.05) is 43.5 Å². The highest BCUT2D eigenvalue weighted by Crippen LogP contribution is 2.34. The van der Waals surface area contributed by atoms with E-state index in [1.165, 1.54) is 0 Å². The normalized spacial score (nSPS) is 11.1. The summed E-state index contributed by atoms with van der Waals surface area (Å²) in [6.45, 7) is 8.73. The minimum absolute atomic E-state index is 0.601. The summed E-state index contributed by atoms with van der Waals surface area (Å²) < 4.78 is 0. The summed E-state index contributed by atoms with van der Waals surface area (Å²) in [6.07, 6.45) is 1.74. The molecule has 0 fully saturated rings. The first-order valence-corrected chi connectivity index (χ1v) is 11.3. The second kappa shape index (κ2) is 8.39. The second-order valence-corrected chi connectivity index (χ2v) is 8.77. The molecule has 0 bridgehead atoms. The van der Waals surface area contributed by atoms with Gasteiger partial charge >= 0.3 is 0 Å². The molecule has 0 saturated carbocycles. The number of thiol groups is 2. The standard InChI is InChI=1S/C27H22N4S2/c1-15-18-7-3-4-8-19(18)16(2)26-25(15)21(14-23(33)27(26)28)30-17-10-11-20(22(32)13-17)31-24-9-5-6-12-29-24/h3-14,30,32-33H,1-2,28H2,(H,29,31). The number of nitrogens with one attached hydrogen (secondary N) is 2. The smallest absolute Gasteiger partial charge is 0.130 e. The Bertz CT molecular complexity index is 1630. The van der Waals surface area contributed by atoms with E-state index in [-0.39, 0.29) is 0 Å². The molecule has 0 amide bonds. The average Bonchev–Trinajstić information content (AvgIpc) is 2.82. The number of fused-ring (bicyclic) bond motifs is 2. The lowest BCUT2D eigenvalue weighted by Crippen LogP contribution is -2.16. The number of nitrogens with zero attached hydrogens (tertiary/aromatic N) is 1. The molecule has 1 heterocycles. The van der Waals surface area contributed by atoms with Crippen molar-refractivity contribution in [2.24, 2.45) is 0 Å². The Morgan fingerprint density at radius 3 is 2.09 bits per heavy atom. The van der Waals surface area contributed by atoms with Crippen LogP contribution in [0.15, 0.2) is 82.7 Å². The molecule has 0 aliphatic carbocycles. The Labute approximate surface area is 202 Å². The number of pyridine rings is 1. The summed E-state index contributed by atoms with van der Waals surface area (Å²) in [5.41, 5.74) is 9.67. The van der Waals surface area contributed by atoms with Crippen LogP contribution in [-0.2, 0) is 0 Å². The highest BCUT2D eigenvalue weighted by Gasteiger charge is 2.14. The number of rotatable bonds is 4. The van der Waals surface area contributed by atoms with Crippen LogP contribution in [0.1, 0.15) is 0 Å². The molecule has 0 radical (unpaired) electrons. The second-order valence-electron chi connectivity index (χ2n) is 7.81. The fraction of sp³-hybridized carbons (Fsp3) is 0. The topological polar surface area (TPSA) is 63.0 Å². The molecule has 4 nitrogen and oxygen atoms in total. The van der Waals surface area contributed by atoms with Crippen LogP contribution in [0.4, 0.5) is 28.6 Å². The molecule has 4 aromatic carbocycles. The molecule has 1 aromatic heterocycles. The van der Waals surface area contributed by atoms with Crippen molar-refractivity contribution in [2.75, 3.05) is 16.4 Å². The fourth-order valence-corrected chi connectivity index (χ4v) is 4.64. The lowest BCUT2D eigenvalue weighted by Gasteiger charge is -2.17. The number of aromatic nitrogens is 1. The van der Waals surface area contributed by atoms with Crippen LogP contribution >= 0.6 is 25.3 Å². The summed E-state index contributed by atoms with van der Waals surface area (Å²) >= 11 is 9.30. The van der Waals surface area contributed by atoms with E-state index in [4.69, 9.17) is 5.73 Å². The van der Waals surface area contributed by atoms with Crippen molar-refractivity contribution < 1.29 is 0 Å². The number of nitrogens with two attached hydrogens (primary N) is 1. The summed E-state index contributed by atoms with van der Waals surface area (Å²) in [7, 11) is 0. The molecule has 0 spiro atoms. The van der Waals surface area contributed by atoms with Gasteiger partial charge < -0.3 is 16.4 Å². The number of benzene rings is 4. The third-order valence-electron chi connectivity index (χ3n) is 5.73. The number of hydrogen-bond donors (Lipinski definition) is 5. The first-order valence-electron chi connectivity index (χ1n) is 10.4. The first-order chi connectivity index (χ1) is 15.9. The third-order valence-corrected chi connectivity index (χ3v) is 6.47. The predicted molar refractivity (Wildman–Crippen MR) is 148 cm³/mol. The predicted octanol–water partition coefficient (Wildman–Crippen LogP) is 5.86. The molecule has 5 aromatic rings. The maximum absolute atomic E-state index is 6.46. The largest absolute Gasteiger partial charge is 0.397 e. The highest BCUT2D eigenvalue weighted by molar-refractivity contribution is 7.80. The van der Waals surface area contributed by atoms with Crippen LogP contribution in [0.5, 0.6) is 0 Å². The van der Waals surface area contributed by atoms with Gasteiger partial charge in [-0.25, -0.2) is 4.98 Å². The Morgan fingerprint density at radius 1 is 0.727 bits per heavy atom. The van der Waals surface area contributed by atoms with Gasteiger partial charge in [0.1, 0.15) is 5.82 Å². The first kappa shape index (κ1) is 21.2. The highest BCUT2D eigenvalue weighted by atomic mass is 32.1. The maximum Gasteiger partial charge on any atom is 0.130 e.